The summed E-state index contributed by atoms with van der Waals surface area (Å²) in [6.07, 6.45) is -1.83. The molecule has 118 valence electrons. The smallest absolute Gasteiger partial charge is 0.351 e. The van der Waals surface area contributed by atoms with Gasteiger partial charge in [-0.15, -0.1) is 0 Å². The molecule has 21 heavy (non-hydrogen) atoms. The molecule has 1 aromatic heterocycles. The molecule has 0 aliphatic carbocycles. The van der Waals surface area contributed by atoms with Crippen molar-refractivity contribution >= 4 is 5.82 Å². The SMILES string of the molecule is CC(CO)NC[C@@H]1CC(F)(F)[C@H](n2ccc(N)nc2=O)O1. The molecule has 1 saturated heterocycles. The predicted molar refractivity (Wildman–Crippen MR) is 70.9 cm³/mol. The molecule has 1 unspecified atom stereocenters. The van der Waals surface area contributed by atoms with Gasteiger partial charge >= 0.3 is 5.69 Å². The van der Waals surface area contributed by atoms with Crippen molar-refractivity contribution in [1.82, 2.24) is 14.9 Å². The average molecular weight is 304 g/mol. The minimum absolute atomic E-state index is 0.0347. The van der Waals surface area contributed by atoms with Gasteiger partial charge in [0.1, 0.15) is 5.82 Å². The Labute approximate surface area is 119 Å². The van der Waals surface area contributed by atoms with E-state index < -0.39 is 30.4 Å². The number of ether oxygens (including phenoxy) is 1. The number of aliphatic hydroxyl groups excluding tert-OH is 1. The standard InChI is InChI=1S/C12H18F2N4O3/c1-7(6-19)16-5-8-4-12(13,14)10(21-8)18-3-2-9(15)17-11(18)20/h2-3,7-8,10,16,19H,4-6H2,1H3,(H2,15,17,20)/t7?,8-,10+/m0/s1. The third-order valence-corrected chi connectivity index (χ3v) is 3.25. The normalized spacial score (nSPS) is 25.9. The summed E-state index contributed by atoms with van der Waals surface area (Å²) in [5.41, 5.74) is 4.45. The predicted octanol–water partition coefficient (Wildman–Crippen LogP) is -0.281. The highest BCUT2D eigenvalue weighted by Gasteiger charge is 2.51. The first-order chi connectivity index (χ1) is 9.83. The minimum atomic E-state index is -3.18. The van der Waals surface area contributed by atoms with Crippen LogP contribution in [0.15, 0.2) is 17.1 Å². The molecule has 1 aliphatic heterocycles. The van der Waals surface area contributed by atoms with Crippen LogP contribution in [0.5, 0.6) is 0 Å². The van der Waals surface area contributed by atoms with Crippen LogP contribution in [0, 0.1) is 0 Å². The lowest BCUT2D eigenvalue weighted by molar-refractivity contribution is -0.116. The molecule has 3 atom stereocenters. The molecule has 0 radical (unpaired) electrons. The van der Waals surface area contributed by atoms with Crippen molar-refractivity contribution < 1.29 is 18.6 Å². The van der Waals surface area contributed by atoms with Crippen molar-refractivity contribution in [3.05, 3.63) is 22.7 Å². The van der Waals surface area contributed by atoms with Gasteiger partial charge in [-0.1, -0.05) is 0 Å². The van der Waals surface area contributed by atoms with Crippen LogP contribution in [-0.2, 0) is 4.74 Å². The van der Waals surface area contributed by atoms with Crippen LogP contribution < -0.4 is 16.7 Å². The second kappa shape index (κ2) is 6.04. The third-order valence-electron chi connectivity index (χ3n) is 3.25. The van der Waals surface area contributed by atoms with Crippen molar-refractivity contribution in [3.63, 3.8) is 0 Å². The van der Waals surface area contributed by atoms with Gasteiger partial charge < -0.3 is 20.9 Å². The van der Waals surface area contributed by atoms with E-state index in [-0.39, 0.29) is 25.0 Å². The largest absolute Gasteiger partial charge is 0.395 e. The Balaban J connectivity index is 2.11. The Hall–Kier alpha value is -1.58. The highest BCUT2D eigenvalue weighted by atomic mass is 19.3. The number of aliphatic hydroxyl groups is 1. The Morgan fingerprint density at radius 1 is 1.71 bits per heavy atom. The van der Waals surface area contributed by atoms with E-state index in [1.54, 1.807) is 6.92 Å². The molecule has 0 amide bonds. The maximum atomic E-state index is 14.0. The van der Waals surface area contributed by atoms with Crippen LogP contribution in [0.1, 0.15) is 19.6 Å². The Bertz CT molecular complexity index is 552. The lowest BCUT2D eigenvalue weighted by Gasteiger charge is -2.19. The zero-order chi connectivity index (χ0) is 15.6. The van der Waals surface area contributed by atoms with Gasteiger partial charge in [-0.3, -0.25) is 4.57 Å². The summed E-state index contributed by atoms with van der Waals surface area (Å²) in [6.45, 7) is 1.78. The van der Waals surface area contributed by atoms with Crippen LogP contribution in [0.25, 0.3) is 0 Å². The number of hydrogen-bond donors (Lipinski definition) is 3. The van der Waals surface area contributed by atoms with E-state index in [4.69, 9.17) is 15.6 Å². The van der Waals surface area contributed by atoms with Crippen molar-refractivity contribution in [1.29, 1.82) is 0 Å². The van der Waals surface area contributed by atoms with Crippen LogP contribution in [0.3, 0.4) is 0 Å². The second-order valence-electron chi connectivity index (χ2n) is 5.11. The molecule has 2 rings (SSSR count). The number of alkyl halides is 2. The first-order valence-corrected chi connectivity index (χ1v) is 6.55. The topological polar surface area (TPSA) is 102 Å². The molecule has 9 heteroatoms. The fourth-order valence-corrected chi connectivity index (χ4v) is 2.13. The van der Waals surface area contributed by atoms with E-state index in [1.165, 1.54) is 6.07 Å². The molecule has 7 nitrogen and oxygen atoms in total. The Kier molecular flexibility index (Phi) is 4.55. The molecule has 0 aromatic carbocycles. The van der Waals surface area contributed by atoms with E-state index in [9.17, 15) is 13.6 Å². The third kappa shape index (κ3) is 3.55. The van der Waals surface area contributed by atoms with E-state index in [2.05, 4.69) is 10.3 Å². The van der Waals surface area contributed by atoms with Crippen molar-refractivity contribution in [3.8, 4) is 0 Å². The summed E-state index contributed by atoms with van der Waals surface area (Å²) >= 11 is 0. The average Bonchev–Trinajstić information content (AvgIpc) is 2.71. The van der Waals surface area contributed by atoms with Crippen molar-refractivity contribution in [2.45, 2.75) is 37.6 Å². The maximum Gasteiger partial charge on any atom is 0.351 e. The maximum absolute atomic E-state index is 14.0. The number of aromatic nitrogens is 2. The lowest BCUT2D eigenvalue weighted by atomic mass is 10.1. The fraction of sp³-hybridized carbons (Fsp3) is 0.667. The Morgan fingerprint density at radius 2 is 2.43 bits per heavy atom. The molecular weight excluding hydrogens is 286 g/mol. The number of nitrogen functional groups attached to an aromatic ring is 1. The molecule has 1 fully saturated rings. The first kappa shape index (κ1) is 15.8. The summed E-state index contributed by atoms with van der Waals surface area (Å²) in [5, 5.41) is 11.8. The van der Waals surface area contributed by atoms with Crippen molar-refractivity contribution in [2.24, 2.45) is 0 Å². The molecular formula is C12H18F2N4O3. The van der Waals surface area contributed by atoms with Crippen LogP contribution in [0.2, 0.25) is 0 Å². The van der Waals surface area contributed by atoms with E-state index >= 15 is 0 Å². The second-order valence-corrected chi connectivity index (χ2v) is 5.11. The van der Waals surface area contributed by atoms with Crippen LogP contribution in [-0.4, -0.2) is 45.9 Å². The number of hydrogen-bond acceptors (Lipinski definition) is 6. The fourth-order valence-electron chi connectivity index (χ4n) is 2.13. The van der Waals surface area contributed by atoms with Crippen molar-refractivity contribution in [2.75, 3.05) is 18.9 Å². The number of anilines is 1. The van der Waals surface area contributed by atoms with Gasteiger partial charge in [-0.2, -0.15) is 4.98 Å². The summed E-state index contributed by atoms with van der Waals surface area (Å²) in [5.74, 6) is -3.22. The molecule has 1 aromatic rings. The quantitative estimate of drug-likeness (QED) is 0.691. The Morgan fingerprint density at radius 3 is 3.05 bits per heavy atom. The summed E-state index contributed by atoms with van der Waals surface area (Å²) in [4.78, 5) is 15.1. The zero-order valence-corrected chi connectivity index (χ0v) is 11.5. The number of nitrogens with one attached hydrogen (secondary N) is 1. The first-order valence-electron chi connectivity index (χ1n) is 6.55. The van der Waals surface area contributed by atoms with Gasteiger partial charge in [-0.25, -0.2) is 13.6 Å². The zero-order valence-electron chi connectivity index (χ0n) is 11.5. The lowest BCUT2D eigenvalue weighted by Crippen LogP contribution is -2.36. The number of rotatable bonds is 5. The summed E-state index contributed by atoms with van der Waals surface area (Å²) in [7, 11) is 0. The van der Waals surface area contributed by atoms with Gasteiger partial charge in [-0.05, 0) is 13.0 Å². The molecule has 0 saturated carbocycles. The highest BCUT2D eigenvalue weighted by molar-refractivity contribution is 5.23. The van der Waals surface area contributed by atoms with Gasteiger partial charge in [0.05, 0.1) is 12.7 Å². The van der Waals surface area contributed by atoms with Crippen LogP contribution in [0.4, 0.5) is 14.6 Å². The monoisotopic (exact) mass is 304 g/mol. The number of nitrogens with two attached hydrogens (primary N) is 1. The summed E-state index contributed by atoms with van der Waals surface area (Å²) < 4.78 is 34.0. The highest BCUT2D eigenvalue weighted by Crippen LogP contribution is 2.41. The van der Waals surface area contributed by atoms with Gasteiger partial charge in [0, 0.05) is 25.2 Å². The van der Waals surface area contributed by atoms with E-state index in [0.717, 1.165) is 10.8 Å². The van der Waals surface area contributed by atoms with Gasteiger partial charge in [0.2, 0.25) is 6.23 Å². The molecule has 1 aliphatic rings. The molecule has 4 N–H and O–H groups in total. The summed E-state index contributed by atoms with van der Waals surface area (Å²) in [6, 6.07) is 1.04. The molecule has 0 bridgehead atoms. The molecule has 0 spiro atoms. The van der Waals surface area contributed by atoms with Gasteiger partial charge in [0.15, 0.2) is 0 Å². The number of halogens is 2. The number of nitrogens with zero attached hydrogens (tertiary/aromatic N) is 2. The molecule has 2 heterocycles. The van der Waals surface area contributed by atoms with Crippen LogP contribution >= 0.6 is 0 Å². The van der Waals surface area contributed by atoms with Gasteiger partial charge in [0.25, 0.3) is 5.92 Å². The van der Waals surface area contributed by atoms with E-state index in [0.29, 0.717) is 0 Å². The van der Waals surface area contributed by atoms with E-state index in [1.807, 2.05) is 0 Å². The minimum Gasteiger partial charge on any atom is -0.395 e.